The standard InChI is InChI=1S/C15H22N4O.2ClH/c16-10-13-9-11(3-6-17-13)15(20)18-12-4-7-19(8-5-12)14-1-2-14;;/h3,6,9,12,14H,1-2,4-5,7-8,10,16H2,(H,18,20);2*1H. The van der Waals surface area contributed by atoms with Gasteiger partial charge in [0.25, 0.3) is 5.91 Å². The van der Waals surface area contributed by atoms with Gasteiger partial charge in [-0.2, -0.15) is 0 Å². The van der Waals surface area contributed by atoms with Crippen molar-refractivity contribution in [1.82, 2.24) is 15.2 Å². The molecule has 1 saturated carbocycles. The van der Waals surface area contributed by atoms with Crippen LogP contribution in [0, 0.1) is 0 Å². The molecule has 0 radical (unpaired) electrons. The zero-order chi connectivity index (χ0) is 13.9. The zero-order valence-corrected chi connectivity index (χ0v) is 14.2. The Hall–Kier alpha value is -0.880. The maximum absolute atomic E-state index is 12.2. The number of hydrogen-bond donors (Lipinski definition) is 2. The van der Waals surface area contributed by atoms with E-state index in [1.54, 1.807) is 18.3 Å². The molecular formula is C15H24Cl2N4O. The van der Waals surface area contributed by atoms with Crippen LogP contribution in [0.5, 0.6) is 0 Å². The van der Waals surface area contributed by atoms with Crippen LogP contribution in [-0.2, 0) is 6.54 Å². The average molecular weight is 347 g/mol. The number of halogens is 2. The van der Waals surface area contributed by atoms with Crippen molar-refractivity contribution in [3.05, 3.63) is 29.6 Å². The van der Waals surface area contributed by atoms with Gasteiger partial charge in [0.05, 0.1) is 5.69 Å². The van der Waals surface area contributed by atoms with Crippen LogP contribution in [-0.4, -0.2) is 41.0 Å². The molecule has 1 amide bonds. The quantitative estimate of drug-likeness (QED) is 0.870. The van der Waals surface area contributed by atoms with E-state index in [-0.39, 0.29) is 30.7 Å². The molecule has 3 N–H and O–H groups in total. The van der Waals surface area contributed by atoms with E-state index in [2.05, 4.69) is 15.2 Å². The number of pyridine rings is 1. The van der Waals surface area contributed by atoms with E-state index in [0.29, 0.717) is 18.2 Å². The highest BCUT2D eigenvalue weighted by molar-refractivity contribution is 5.94. The molecule has 1 saturated heterocycles. The smallest absolute Gasteiger partial charge is 0.251 e. The summed E-state index contributed by atoms with van der Waals surface area (Å²) in [6.07, 6.45) is 6.47. The fraction of sp³-hybridized carbons (Fsp3) is 0.600. The van der Waals surface area contributed by atoms with E-state index in [1.807, 2.05) is 0 Å². The van der Waals surface area contributed by atoms with Gasteiger partial charge in [-0.1, -0.05) is 0 Å². The highest BCUT2D eigenvalue weighted by atomic mass is 35.5. The molecule has 2 fully saturated rings. The number of nitrogens with one attached hydrogen (secondary N) is 1. The zero-order valence-electron chi connectivity index (χ0n) is 12.5. The lowest BCUT2D eigenvalue weighted by molar-refractivity contribution is 0.0909. The normalized spacial score (nSPS) is 19.0. The second kappa shape index (κ2) is 8.67. The molecule has 7 heteroatoms. The molecule has 0 bridgehead atoms. The van der Waals surface area contributed by atoms with Crippen molar-refractivity contribution >= 4 is 30.7 Å². The monoisotopic (exact) mass is 346 g/mol. The molecule has 1 aromatic heterocycles. The van der Waals surface area contributed by atoms with Crippen LogP contribution in [0.4, 0.5) is 0 Å². The van der Waals surface area contributed by atoms with Crippen LogP contribution in [0.25, 0.3) is 0 Å². The van der Waals surface area contributed by atoms with E-state index >= 15 is 0 Å². The lowest BCUT2D eigenvalue weighted by Gasteiger charge is -2.32. The summed E-state index contributed by atoms with van der Waals surface area (Å²) < 4.78 is 0. The van der Waals surface area contributed by atoms with E-state index in [4.69, 9.17) is 5.73 Å². The largest absolute Gasteiger partial charge is 0.349 e. The molecule has 1 aromatic rings. The number of piperidine rings is 1. The number of carbonyl (C=O) groups is 1. The van der Waals surface area contributed by atoms with E-state index < -0.39 is 0 Å². The summed E-state index contributed by atoms with van der Waals surface area (Å²) in [5.74, 6) is -0.00743. The third-order valence-electron chi connectivity index (χ3n) is 4.22. The first-order valence-corrected chi connectivity index (χ1v) is 7.46. The van der Waals surface area contributed by atoms with Gasteiger partial charge >= 0.3 is 0 Å². The number of nitrogens with two attached hydrogens (primary N) is 1. The second-order valence-corrected chi connectivity index (χ2v) is 5.75. The number of amides is 1. The number of rotatable bonds is 4. The first kappa shape index (κ1) is 19.2. The number of aromatic nitrogens is 1. The van der Waals surface area contributed by atoms with Crippen molar-refractivity contribution in [2.24, 2.45) is 5.73 Å². The summed E-state index contributed by atoms with van der Waals surface area (Å²) in [6, 6.07) is 4.65. The Morgan fingerprint density at radius 2 is 1.95 bits per heavy atom. The van der Waals surface area contributed by atoms with E-state index in [0.717, 1.165) is 37.7 Å². The van der Waals surface area contributed by atoms with Gasteiger partial charge in [0, 0.05) is 43.5 Å². The van der Waals surface area contributed by atoms with E-state index in [9.17, 15) is 4.79 Å². The Morgan fingerprint density at radius 3 is 2.55 bits per heavy atom. The summed E-state index contributed by atoms with van der Waals surface area (Å²) in [5.41, 5.74) is 6.96. The number of hydrogen-bond acceptors (Lipinski definition) is 4. The average Bonchev–Trinajstić information content (AvgIpc) is 3.33. The highest BCUT2D eigenvalue weighted by Gasteiger charge is 2.32. The molecule has 2 aliphatic rings. The molecule has 124 valence electrons. The van der Waals surface area contributed by atoms with Gasteiger partial charge in [0.15, 0.2) is 0 Å². The Morgan fingerprint density at radius 1 is 1.27 bits per heavy atom. The molecule has 2 heterocycles. The van der Waals surface area contributed by atoms with Crippen molar-refractivity contribution < 1.29 is 4.79 Å². The van der Waals surface area contributed by atoms with Gasteiger partial charge in [-0.3, -0.25) is 9.78 Å². The van der Waals surface area contributed by atoms with Crippen LogP contribution in [0.3, 0.4) is 0 Å². The van der Waals surface area contributed by atoms with Crippen molar-refractivity contribution in [2.75, 3.05) is 13.1 Å². The molecule has 0 spiro atoms. The van der Waals surface area contributed by atoms with Gasteiger partial charge in [0.2, 0.25) is 0 Å². The Labute approximate surface area is 143 Å². The second-order valence-electron chi connectivity index (χ2n) is 5.75. The Kier molecular flexibility index (Phi) is 7.56. The molecule has 5 nitrogen and oxygen atoms in total. The minimum Gasteiger partial charge on any atom is -0.349 e. The first-order valence-electron chi connectivity index (χ1n) is 7.46. The molecule has 0 unspecified atom stereocenters. The first-order chi connectivity index (χ1) is 9.76. The van der Waals surface area contributed by atoms with Gasteiger partial charge in [-0.15, -0.1) is 24.8 Å². The van der Waals surface area contributed by atoms with Gasteiger partial charge < -0.3 is 16.0 Å². The molecule has 3 rings (SSSR count). The SMILES string of the molecule is Cl.Cl.NCc1cc(C(=O)NC2CCN(C3CC3)CC2)ccn1. The van der Waals surface area contributed by atoms with Crippen molar-refractivity contribution in [1.29, 1.82) is 0 Å². The maximum atomic E-state index is 12.2. The lowest BCUT2D eigenvalue weighted by atomic mass is 10.0. The predicted molar refractivity (Wildman–Crippen MR) is 91.7 cm³/mol. The molecule has 0 aromatic carbocycles. The highest BCUT2D eigenvalue weighted by Crippen LogP contribution is 2.29. The number of carbonyl (C=O) groups excluding carboxylic acids is 1. The van der Waals surface area contributed by atoms with Crippen molar-refractivity contribution in [3.8, 4) is 0 Å². The van der Waals surface area contributed by atoms with Crippen LogP contribution >= 0.6 is 24.8 Å². The van der Waals surface area contributed by atoms with Crippen molar-refractivity contribution in [2.45, 2.75) is 44.3 Å². The Balaban J connectivity index is 0.00000121. The van der Waals surface area contributed by atoms with Gasteiger partial charge in [-0.05, 0) is 37.8 Å². The van der Waals surface area contributed by atoms with Crippen LogP contribution in [0.1, 0.15) is 41.7 Å². The molecular weight excluding hydrogens is 323 g/mol. The maximum Gasteiger partial charge on any atom is 0.251 e. The fourth-order valence-electron chi connectivity index (χ4n) is 2.85. The summed E-state index contributed by atoms with van der Waals surface area (Å²) in [6.45, 7) is 2.58. The summed E-state index contributed by atoms with van der Waals surface area (Å²) in [7, 11) is 0. The molecule has 0 atom stereocenters. The molecule has 1 aliphatic heterocycles. The Bertz CT molecular complexity index is 488. The van der Waals surface area contributed by atoms with E-state index in [1.165, 1.54) is 12.8 Å². The van der Waals surface area contributed by atoms with Crippen molar-refractivity contribution in [3.63, 3.8) is 0 Å². The van der Waals surface area contributed by atoms with Crippen LogP contribution in [0.15, 0.2) is 18.3 Å². The van der Waals surface area contributed by atoms with Crippen LogP contribution < -0.4 is 11.1 Å². The molecule has 22 heavy (non-hydrogen) atoms. The third-order valence-corrected chi connectivity index (χ3v) is 4.22. The number of nitrogens with zero attached hydrogens (tertiary/aromatic N) is 2. The summed E-state index contributed by atoms with van der Waals surface area (Å²) in [4.78, 5) is 18.9. The van der Waals surface area contributed by atoms with Gasteiger partial charge in [0.1, 0.15) is 0 Å². The topological polar surface area (TPSA) is 71.2 Å². The molecule has 1 aliphatic carbocycles. The fourth-order valence-corrected chi connectivity index (χ4v) is 2.85. The minimum atomic E-state index is -0.00743. The summed E-state index contributed by atoms with van der Waals surface area (Å²) in [5, 5.41) is 3.13. The predicted octanol–water partition coefficient (Wildman–Crippen LogP) is 1.74. The minimum absolute atomic E-state index is 0. The number of likely N-dealkylation sites (tertiary alicyclic amines) is 1. The lowest BCUT2D eigenvalue weighted by Crippen LogP contribution is -2.45. The van der Waals surface area contributed by atoms with Gasteiger partial charge in [-0.25, -0.2) is 0 Å². The van der Waals surface area contributed by atoms with Crippen LogP contribution in [0.2, 0.25) is 0 Å². The third kappa shape index (κ3) is 4.81. The summed E-state index contributed by atoms with van der Waals surface area (Å²) >= 11 is 0.